The molecule has 3 N–H and O–H groups in total. The molecular weight excluding hydrogens is 190 g/mol. The first-order valence-corrected chi connectivity index (χ1v) is 3.51. The molecule has 1 heterocycles. The minimum absolute atomic E-state index is 0. The van der Waals surface area contributed by atoms with Crippen LogP contribution in [0.4, 0.5) is 0 Å². The van der Waals surface area contributed by atoms with Crippen LogP contribution in [0.25, 0.3) is 11.0 Å². The Balaban J connectivity index is 0.000000845. The Morgan fingerprint density at radius 2 is 2.23 bits per heavy atom. The monoisotopic (exact) mass is 197 g/mol. The molecule has 2 aromatic rings. The quantitative estimate of drug-likeness (QED) is 0.718. The number of imidazole rings is 1. The number of carbonyl (C=O) groups excluding carboxylic acids is 1. The number of aromatic nitrogens is 2. The number of primary amides is 1. The lowest BCUT2D eigenvalue weighted by molar-refractivity contribution is 0.100. The summed E-state index contributed by atoms with van der Waals surface area (Å²) in [6.07, 6.45) is 1.54. The second kappa shape index (κ2) is 3.45. The van der Waals surface area contributed by atoms with Crippen molar-refractivity contribution >= 4 is 29.3 Å². The van der Waals surface area contributed by atoms with Crippen LogP contribution in [0.15, 0.2) is 24.5 Å². The van der Waals surface area contributed by atoms with Crippen molar-refractivity contribution in [1.29, 1.82) is 0 Å². The van der Waals surface area contributed by atoms with Gasteiger partial charge in [0.05, 0.1) is 17.4 Å². The van der Waals surface area contributed by atoms with E-state index in [0.717, 1.165) is 5.52 Å². The van der Waals surface area contributed by atoms with Crippen LogP contribution in [0.5, 0.6) is 0 Å². The van der Waals surface area contributed by atoms with Crippen molar-refractivity contribution in [3.63, 3.8) is 0 Å². The molecule has 0 saturated heterocycles. The zero-order valence-electron chi connectivity index (χ0n) is 6.65. The highest BCUT2D eigenvalue weighted by Gasteiger charge is 2.06. The Labute approximate surface area is 80.6 Å². The van der Waals surface area contributed by atoms with E-state index in [2.05, 4.69) is 9.97 Å². The summed E-state index contributed by atoms with van der Waals surface area (Å²) in [5, 5.41) is 0. The molecule has 0 aliphatic heterocycles. The maximum atomic E-state index is 10.9. The molecular formula is C8H8ClN3O. The molecule has 0 fully saturated rings. The zero-order chi connectivity index (χ0) is 8.55. The summed E-state index contributed by atoms with van der Waals surface area (Å²) in [6.45, 7) is 0. The lowest BCUT2D eigenvalue weighted by atomic mass is 10.2. The fourth-order valence-electron chi connectivity index (χ4n) is 1.16. The Morgan fingerprint density at radius 1 is 1.46 bits per heavy atom. The third-order valence-electron chi connectivity index (χ3n) is 1.72. The van der Waals surface area contributed by atoms with Gasteiger partial charge in [-0.05, 0) is 12.1 Å². The van der Waals surface area contributed by atoms with Crippen molar-refractivity contribution in [2.75, 3.05) is 0 Å². The van der Waals surface area contributed by atoms with Crippen LogP contribution >= 0.6 is 12.4 Å². The highest BCUT2D eigenvalue weighted by molar-refractivity contribution is 6.03. The minimum Gasteiger partial charge on any atom is -0.366 e. The molecule has 0 saturated carbocycles. The molecule has 0 bridgehead atoms. The third-order valence-corrected chi connectivity index (χ3v) is 1.72. The standard InChI is InChI=1S/C8H7N3O.ClH/c9-8(12)5-2-1-3-6-7(5)11-4-10-6;/h1-4H,(H2,9,12)(H,10,11);1H. The number of nitrogens with one attached hydrogen (secondary N) is 1. The average molecular weight is 198 g/mol. The molecule has 1 amide bonds. The van der Waals surface area contributed by atoms with E-state index in [1.165, 1.54) is 6.33 Å². The summed E-state index contributed by atoms with van der Waals surface area (Å²) >= 11 is 0. The van der Waals surface area contributed by atoms with Crippen LogP contribution in [0.1, 0.15) is 10.4 Å². The van der Waals surface area contributed by atoms with E-state index in [4.69, 9.17) is 5.73 Å². The van der Waals surface area contributed by atoms with Crippen molar-refractivity contribution in [2.45, 2.75) is 0 Å². The normalized spacial score (nSPS) is 9.54. The third kappa shape index (κ3) is 1.48. The molecule has 5 heteroatoms. The first-order valence-electron chi connectivity index (χ1n) is 3.51. The zero-order valence-corrected chi connectivity index (χ0v) is 7.47. The number of halogens is 1. The van der Waals surface area contributed by atoms with Crippen molar-refractivity contribution in [3.05, 3.63) is 30.1 Å². The topological polar surface area (TPSA) is 71.8 Å². The van der Waals surface area contributed by atoms with E-state index in [1.807, 2.05) is 6.07 Å². The largest absolute Gasteiger partial charge is 0.366 e. The van der Waals surface area contributed by atoms with E-state index < -0.39 is 5.91 Å². The summed E-state index contributed by atoms with van der Waals surface area (Å²) in [4.78, 5) is 17.8. The van der Waals surface area contributed by atoms with Crippen LogP contribution in [-0.4, -0.2) is 15.9 Å². The van der Waals surface area contributed by atoms with Crippen molar-refractivity contribution in [2.24, 2.45) is 5.73 Å². The van der Waals surface area contributed by atoms with Gasteiger partial charge in [-0.1, -0.05) is 6.07 Å². The van der Waals surface area contributed by atoms with Crippen LogP contribution < -0.4 is 5.73 Å². The number of amides is 1. The molecule has 1 aromatic carbocycles. The van der Waals surface area contributed by atoms with Gasteiger partial charge in [-0.2, -0.15) is 0 Å². The number of H-pyrrole nitrogens is 1. The summed E-state index contributed by atoms with van der Waals surface area (Å²) < 4.78 is 0. The van der Waals surface area contributed by atoms with E-state index in [-0.39, 0.29) is 12.4 Å². The van der Waals surface area contributed by atoms with Gasteiger partial charge in [0.15, 0.2) is 0 Å². The van der Waals surface area contributed by atoms with Crippen molar-refractivity contribution < 1.29 is 4.79 Å². The second-order valence-corrected chi connectivity index (χ2v) is 2.47. The maximum absolute atomic E-state index is 10.9. The molecule has 0 spiro atoms. The van der Waals surface area contributed by atoms with E-state index in [1.54, 1.807) is 12.1 Å². The smallest absolute Gasteiger partial charge is 0.250 e. The molecule has 68 valence electrons. The van der Waals surface area contributed by atoms with E-state index in [0.29, 0.717) is 11.1 Å². The van der Waals surface area contributed by atoms with Crippen LogP contribution in [0.2, 0.25) is 0 Å². The van der Waals surface area contributed by atoms with Gasteiger partial charge in [-0.15, -0.1) is 12.4 Å². The van der Waals surface area contributed by atoms with Gasteiger partial charge < -0.3 is 10.7 Å². The summed E-state index contributed by atoms with van der Waals surface area (Å²) in [5.74, 6) is -0.451. The van der Waals surface area contributed by atoms with Crippen LogP contribution in [0, 0.1) is 0 Å². The molecule has 0 aliphatic rings. The molecule has 2 rings (SSSR count). The number of benzene rings is 1. The predicted molar refractivity (Wildman–Crippen MR) is 51.9 cm³/mol. The average Bonchev–Trinajstić information content (AvgIpc) is 2.49. The molecule has 0 atom stereocenters. The summed E-state index contributed by atoms with van der Waals surface area (Å²) in [6, 6.07) is 5.26. The molecule has 0 radical (unpaired) electrons. The summed E-state index contributed by atoms with van der Waals surface area (Å²) in [5.41, 5.74) is 7.05. The number of nitrogens with two attached hydrogens (primary N) is 1. The lowest BCUT2D eigenvalue weighted by Gasteiger charge is -1.94. The molecule has 4 nitrogen and oxygen atoms in total. The minimum atomic E-state index is -0.451. The second-order valence-electron chi connectivity index (χ2n) is 2.47. The molecule has 13 heavy (non-hydrogen) atoms. The number of aromatic amines is 1. The fraction of sp³-hybridized carbons (Fsp3) is 0. The Hall–Kier alpha value is -1.55. The van der Waals surface area contributed by atoms with Gasteiger partial charge in [-0.25, -0.2) is 4.98 Å². The Kier molecular flexibility index (Phi) is 2.53. The van der Waals surface area contributed by atoms with Gasteiger partial charge in [0.1, 0.15) is 5.52 Å². The van der Waals surface area contributed by atoms with Crippen LogP contribution in [0.3, 0.4) is 0 Å². The van der Waals surface area contributed by atoms with Gasteiger partial charge >= 0.3 is 0 Å². The molecule has 0 unspecified atom stereocenters. The number of nitrogens with zero attached hydrogens (tertiary/aromatic N) is 1. The highest BCUT2D eigenvalue weighted by Crippen LogP contribution is 2.13. The highest BCUT2D eigenvalue weighted by atomic mass is 35.5. The first kappa shape index (κ1) is 9.54. The van der Waals surface area contributed by atoms with Crippen molar-refractivity contribution in [1.82, 2.24) is 9.97 Å². The van der Waals surface area contributed by atoms with Gasteiger partial charge in [0, 0.05) is 0 Å². The number of rotatable bonds is 1. The van der Waals surface area contributed by atoms with Gasteiger partial charge in [-0.3, -0.25) is 4.79 Å². The molecule has 0 aliphatic carbocycles. The number of para-hydroxylation sites is 1. The van der Waals surface area contributed by atoms with Gasteiger partial charge in [0.2, 0.25) is 0 Å². The SMILES string of the molecule is Cl.NC(=O)c1cccc2[nH]cnc12. The van der Waals surface area contributed by atoms with E-state index in [9.17, 15) is 4.79 Å². The maximum Gasteiger partial charge on any atom is 0.250 e. The Bertz CT molecular complexity index is 438. The number of hydrogen-bond acceptors (Lipinski definition) is 2. The summed E-state index contributed by atoms with van der Waals surface area (Å²) in [7, 11) is 0. The predicted octanol–water partition coefficient (Wildman–Crippen LogP) is 1.08. The number of carbonyl (C=O) groups is 1. The fourth-order valence-corrected chi connectivity index (χ4v) is 1.16. The lowest BCUT2D eigenvalue weighted by Crippen LogP contribution is -2.11. The Morgan fingerprint density at radius 3 is 2.92 bits per heavy atom. The first-order chi connectivity index (χ1) is 5.79. The molecule has 1 aromatic heterocycles. The number of fused-ring (bicyclic) bond motifs is 1. The van der Waals surface area contributed by atoms with Crippen molar-refractivity contribution in [3.8, 4) is 0 Å². The van der Waals surface area contributed by atoms with Gasteiger partial charge in [0.25, 0.3) is 5.91 Å². The van der Waals surface area contributed by atoms with E-state index >= 15 is 0 Å². The number of hydrogen-bond donors (Lipinski definition) is 2. The van der Waals surface area contributed by atoms with Crippen LogP contribution in [-0.2, 0) is 0 Å².